The Kier molecular flexibility index (Phi) is 4.68. The van der Waals surface area contributed by atoms with Crippen molar-refractivity contribution >= 4 is 6.29 Å². The number of benzene rings is 1. The van der Waals surface area contributed by atoms with Crippen molar-refractivity contribution in [3.63, 3.8) is 0 Å². The van der Waals surface area contributed by atoms with E-state index < -0.39 is 5.72 Å². The lowest BCUT2D eigenvalue weighted by molar-refractivity contribution is -0.00869. The molecule has 8 nitrogen and oxygen atoms in total. The van der Waals surface area contributed by atoms with Gasteiger partial charge in [0.05, 0.1) is 11.3 Å². The topological polar surface area (TPSA) is 110 Å². The number of carbonyl (C=O) groups is 1. The first-order valence-corrected chi connectivity index (χ1v) is 7.89. The number of ether oxygens (including phenoxy) is 1. The Balaban J connectivity index is 1.94. The number of rotatable bonds is 6. The van der Waals surface area contributed by atoms with E-state index in [-0.39, 0.29) is 23.7 Å². The van der Waals surface area contributed by atoms with Crippen LogP contribution in [0.2, 0.25) is 0 Å². The van der Waals surface area contributed by atoms with Crippen molar-refractivity contribution in [2.24, 2.45) is 0 Å². The summed E-state index contributed by atoms with van der Waals surface area (Å²) < 4.78 is 7.11. The highest BCUT2D eigenvalue weighted by molar-refractivity contribution is 5.83. The lowest BCUT2D eigenvalue weighted by atomic mass is 10.2. The second-order valence-electron chi connectivity index (χ2n) is 6.07. The van der Waals surface area contributed by atoms with Crippen LogP contribution in [-0.4, -0.2) is 36.2 Å². The highest BCUT2D eigenvalue weighted by Gasteiger charge is 2.23. The number of phenolic OH excluding ortho intramolecular Hbond substituents is 1. The van der Waals surface area contributed by atoms with Gasteiger partial charge in [-0.2, -0.15) is 5.10 Å². The summed E-state index contributed by atoms with van der Waals surface area (Å²) >= 11 is 0. The lowest BCUT2D eigenvalue weighted by Crippen LogP contribution is -2.27. The normalized spacial score (nSPS) is 11.3. The van der Waals surface area contributed by atoms with Crippen molar-refractivity contribution in [3.8, 4) is 22.9 Å². The number of hydrogen-bond acceptors (Lipinski definition) is 7. The average molecular weight is 354 g/mol. The molecule has 0 bridgehead atoms. The molecular formula is C18H18N4O4. The quantitative estimate of drug-likeness (QED) is 0.652. The molecule has 3 aromatic rings. The molecule has 8 heteroatoms. The molecule has 0 saturated heterocycles. The van der Waals surface area contributed by atoms with E-state index in [1.807, 2.05) is 0 Å². The van der Waals surface area contributed by atoms with Crippen molar-refractivity contribution < 1.29 is 19.7 Å². The zero-order valence-electron chi connectivity index (χ0n) is 14.3. The fourth-order valence-electron chi connectivity index (χ4n) is 2.53. The molecule has 0 saturated carbocycles. The summed E-state index contributed by atoms with van der Waals surface area (Å²) in [6.07, 6.45) is 5.15. The maximum Gasteiger partial charge on any atom is 0.157 e. The molecule has 0 spiro atoms. The lowest BCUT2D eigenvalue weighted by Gasteiger charge is -2.21. The van der Waals surface area contributed by atoms with E-state index in [4.69, 9.17) is 4.74 Å². The van der Waals surface area contributed by atoms with Gasteiger partial charge in [0, 0.05) is 18.6 Å². The van der Waals surface area contributed by atoms with Crippen molar-refractivity contribution in [1.82, 2.24) is 19.7 Å². The molecule has 0 atom stereocenters. The first kappa shape index (κ1) is 17.6. The van der Waals surface area contributed by atoms with Crippen molar-refractivity contribution in [1.29, 1.82) is 0 Å². The van der Waals surface area contributed by atoms with Crippen LogP contribution in [0.5, 0.6) is 11.5 Å². The van der Waals surface area contributed by atoms with Crippen LogP contribution in [0, 0.1) is 0 Å². The largest absolute Gasteiger partial charge is 0.507 e. The molecule has 1 aromatic carbocycles. The summed E-state index contributed by atoms with van der Waals surface area (Å²) in [5, 5.41) is 24.2. The molecule has 26 heavy (non-hydrogen) atoms. The molecule has 2 N–H and O–H groups in total. The highest BCUT2D eigenvalue weighted by Crippen LogP contribution is 2.28. The van der Waals surface area contributed by atoms with E-state index >= 15 is 0 Å². The Hall–Kier alpha value is -3.26. The van der Waals surface area contributed by atoms with Crippen LogP contribution in [-0.2, 0) is 12.3 Å². The van der Waals surface area contributed by atoms with E-state index in [0.29, 0.717) is 23.4 Å². The molecule has 134 valence electrons. The van der Waals surface area contributed by atoms with E-state index in [2.05, 4.69) is 15.1 Å². The zero-order chi connectivity index (χ0) is 18.7. The SMILES string of the molecule is CC(C)(O)n1nccc1-c1nccnc1COc1cccc(O)c1C=O. The minimum atomic E-state index is -1.22. The van der Waals surface area contributed by atoms with Crippen LogP contribution in [0.3, 0.4) is 0 Å². The first-order valence-electron chi connectivity index (χ1n) is 7.89. The average Bonchev–Trinajstić information content (AvgIpc) is 3.10. The maximum absolute atomic E-state index is 11.2. The van der Waals surface area contributed by atoms with Gasteiger partial charge in [-0.25, -0.2) is 4.68 Å². The van der Waals surface area contributed by atoms with Gasteiger partial charge in [0.25, 0.3) is 0 Å². The Bertz CT molecular complexity index is 931. The van der Waals surface area contributed by atoms with Gasteiger partial charge in [0.1, 0.15) is 29.5 Å². The first-order chi connectivity index (χ1) is 12.4. The predicted molar refractivity (Wildman–Crippen MR) is 92.6 cm³/mol. The smallest absolute Gasteiger partial charge is 0.157 e. The highest BCUT2D eigenvalue weighted by atomic mass is 16.5. The zero-order valence-corrected chi connectivity index (χ0v) is 14.3. The summed E-state index contributed by atoms with van der Waals surface area (Å²) in [6, 6.07) is 6.29. The van der Waals surface area contributed by atoms with Crippen molar-refractivity contribution in [3.05, 3.63) is 54.1 Å². The molecule has 0 aliphatic heterocycles. The van der Waals surface area contributed by atoms with Gasteiger partial charge in [-0.3, -0.25) is 14.8 Å². The molecule has 0 amide bonds. The summed E-state index contributed by atoms with van der Waals surface area (Å²) in [5.41, 5.74) is 0.429. The monoisotopic (exact) mass is 354 g/mol. The minimum absolute atomic E-state index is 0.0184. The maximum atomic E-state index is 11.2. The summed E-state index contributed by atoms with van der Waals surface area (Å²) in [4.78, 5) is 19.8. The van der Waals surface area contributed by atoms with Crippen LogP contribution in [0.1, 0.15) is 29.9 Å². The fraction of sp³-hybridized carbons (Fsp3) is 0.222. The van der Waals surface area contributed by atoms with Crippen molar-refractivity contribution in [2.45, 2.75) is 26.2 Å². The van der Waals surface area contributed by atoms with Gasteiger partial charge in [-0.1, -0.05) is 6.07 Å². The number of aldehydes is 1. The van der Waals surface area contributed by atoms with Gasteiger partial charge in [-0.05, 0) is 32.0 Å². The van der Waals surface area contributed by atoms with E-state index in [0.717, 1.165) is 0 Å². The van der Waals surface area contributed by atoms with Crippen LogP contribution >= 0.6 is 0 Å². The van der Waals surface area contributed by atoms with Crippen molar-refractivity contribution in [2.75, 3.05) is 0 Å². The third-order valence-electron chi connectivity index (χ3n) is 3.70. The van der Waals surface area contributed by atoms with Gasteiger partial charge >= 0.3 is 0 Å². The van der Waals surface area contributed by atoms with Gasteiger partial charge in [-0.15, -0.1) is 0 Å². The summed E-state index contributed by atoms with van der Waals surface area (Å²) in [5.74, 6) is 0.0876. The van der Waals surface area contributed by atoms with Gasteiger partial charge < -0.3 is 14.9 Å². The molecule has 0 unspecified atom stereocenters. The molecule has 3 rings (SSSR count). The number of phenols is 1. The molecular weight excluding hydrogens is 336 g/mol. The number of aromatic hydroxyl groups is 1. The van der Waals surface area contributed by atoms with E-state index in [1.54, 1.807) is 38.2 Å². The molecule has 0 aliphatic carbocycles. The second-order valence-corrected chi connectivity index (χ2v) is 6.07. The number of carbonyl (C=O) groups excluding carboxylic acids is 1. The number of aromatic nitrogens is 4. The second kappa shape index (κ2) is 6.93. The molecule has 0 fully saturated rings. The number of aliphatic hydroxyl groups is 1. The third-order valence-corrected chi connectivity index (χ3v) is 3.70. The molecule has 2 aromatic heterocycles. The molecule has 2 heterocycles. The van der Waals surface area contributed by atoms with Crippen LogP contribution in [0.15, 0.2) is 42.9 Å². The Morgan fingerprint density at radius 3 is 2.69 bits per heavy atom. The number of hydrogen-bond donors (Lipinski definition) is 2. The fourth-order valence-corrected chi connectivity index (χ4v) is 2.53. The number of nitrogens with zero attached hydrogens (tertiary/aromatic N) is 4. The van der Waals surface area contributed by atoms with Crippen LogP contribution in [0.25, 0.3) is 11.4 Å². The van der Waals surface area contributed by atoms with Crippen LogP contribution < -0.4 is 4.74 Å². The standard InChI is InChI=1S/C18H18N4O4/c1-18(2,25)22-14(6-7-21-22)17-13(19-8-9-20-17)11-26-16-5-3-4-15(24)12(16)10-23/h3-10,24-25H,11H2,1-2H3. The summed E-state index contributed by atoms with van der Waals surface area (Å²) in [7, 11) is 0. The van der Waals surface area contributed by atoms with Gasteiger partial charge in [0.15, 0.2) is 12.0 Å². The van der Waals surface area contributed by atoms with E-state index in [1.165, 1.54) is 23.1 Å². The Morgan fingerprint density at radius 2 is 1.96 bits per heavy atom. The Morgan fingerprint density at radius 1 is 1.19 bits per heavy atom. The third kappa shape index (κ3) is 3.40. The Labute approximate surface area is 149 Å². The molecule has 0 radical (unpaired) electrons. The van der Waals surface area contributed by atoms with Gasteiger partial charge in [0.2, 0.25) is 0 Å². The van der Waals surface area contributed by atoms with E-state index in [9.17, 15) is 15.0 Å². The predicted octanol–water partition coefficient (Wildman–Crippen LogP) is 2.12. The molecule has 0 aliphatic rings. The minimum Gasteiger partial charge on any atom is -0.507 e. The van der Waals surface area contributed by atoms with Crippen LogP contribution in [0.4, 0.5) is 0 Å². The summed E-state index contributed by atoms with van der Waals surface area (Å²) in [6.45, 7) is 3.24.